The zero-order valence-electron chi connectivity index (χ0n) is 26.6. The maximum Gasteiger partial charge on any atom is 0.418 e. The van der Waals surface area contributed by atoms with Crippen LogP contribution in [-0.4, -0.2) is 107 Å². The zero-order chi connectivity index (χ0) is 34.2. The summed E-state index contributed by atoms with van der Waals surface area (Å²) >= 11 is 6.03. The quantitative estimate of drug-likeness (QED) is 0.244. The Labute approximate surface area is 279 Å². The van der Waals surface area contributed by atoms with Gasteiger partial charge in [0.2, 0.25) is 5.88 Å². The molecule has 10 nitrogen and oxygen atoms in total. The van der Waals surface area contributed by atoms with Crippen molar-refractivity contribution in [3.8, 4) is 23.1 Å². The number of aliphatic hydroxyl groups is 1. The first-order valence-corrected chi connectivity index (χ1v) is 16.4. The summed E-state index contributed by atoms with van der Waals surface area (Å²) in [5, 5.41) is 9.83. The van der Waals surface area contributed by atoms with Crippen LogP contribution in [0.2, 0.25) is 5.02 Å². The third-order valence-corrected chi connectivity index (χ3v) is 10.4. The maximum atomic E-state index is 16.8. The van der Waals surface area contributed by atoms with Crippen molar-refractivity contribution in [1.82, 2.24) is 24.8 Å². The molecular formula is C32H37ClF5N7O3. The number of alkyl halides is 4. The number of nitrogens with zero attached hydrogens (tertiary/aromatic N) is 6. The molecule has 5 heterocycles. The lowest BCUT2D eigenvalue weighted by molar-refractivity contribution is -0.137. The van der Waals surface area contributed by atoms with E-state index in [2.05, 4.69) is 14.9 Å². The van der Waals surface area contributed by atoms with Gasteiger partial charge in [-0.2, -0.15) is 23.1 Å². The Bertz CT molecular complexity index is 1740. The first kappa shape index (κ1) is 33.2. The molecule has 3 N–H and O–H groups in total. The molecule has 0 bridgehead atoms. The van der Waals surface area contributed by atoms with Crippen LogP contribution in [0.25, 0.3) is 22.2 Å². The van der Waals surface area contributed by atoms with Gasteiger partial charge in [-0.15, -0.1) is 0 Å². The highest BCUT2D eigenvalue weighted by Gasteiger charge is 2.52. The average Bonchev–Trinajstić information content (AvgIpc) is 3.46. The summed E-state index contributed by atoms with van der Waals surface area (Å²) in [6, 6.07) is 1.70. The number of aliphatic hydroxyl groups excluding tert-OH is 1. The molecule has 2 atom stereocenters. The van der Waals surface area contributed by atoms with E-state index in [0.29, 0.717) is 45.3 Å². The summed E-state index contributed by atoms with van der Waals surface area (Å²) in [6.07, 6.45) is -3.43. The van der Waals surface area contributed by atoms with Crippen LogP contribution in [0.3, 0.4) is 0 Å². The summed E-state index contributed by atoms with van der Waals surface area (Å²) in [5.74, 6) is -1.09. The molecule has 3 fully saturated rings. The highest BCUT2D eigenvalue weighted by atomic mass is 35.5. The van der Waals surface area contributed by atoms with Crippen molar-refractivity contribution in [3.63, 3.8) is 0 Å². The number of benzene rings is 1. The van der Waals surface area contributed by atoms with Crippen molar-refractivity contribution in [2.24, 2.45) is 0 Å². The summed E-state index contributed by atoms with van der Waals surface area (Å²) in [7, 11) is 3.88. The zero-order valence-corrected chi connectivity index (χ0v) is 27.3. The number of anilines is 2. The second-order valence-corrected chi connectivity index (χ2v) is 14.2. The van der Waals surface area contributed by atoms with Crippen molar-refractivity contribution in [2.75, 3.05) is 64.1 Å². The molecule has 260 valence electrons. The van der Waals surface area contributed by atoms with Gasteiger partial charge < -0.3 is 30.1 Å². The van der Waals surface area contributed by atoms with Crippen LogP contribution in [0.5, 0.6) is 11.9 Å². The lowest BCUT2D eigenvalue weighted by atomic mass is 9.73. The van der Waals surface area contributed by atoms with Crippen LogP contribution in [0.1, 0.15) is 44.1 Å². The third kappa shape index (κ3) is 5.65. The maximum absolute atomic E-state index is 16.8. The molecule has 0 amide bonds. The van der Waals surface area contributed by atoms with Crippen molar-refractivity contribution in [2.45, 2.75) is 68.1 Å². The summed E-state index contributed by atoms with van der Waals surface area (Å²) in [5.41, 5.74) is 1.42. The summed E-state index contributed by atoms with van der Waals surface area (Å²) in [6.45, 7) is 2.23. The minimum absolute atomic E-state index is 0.00548. The normalized spacial score (nSPS) is 27.0. The highest BCUT2D eigenvalue weighted by molar-refractivity contribution is 6.32. The van der Waals surface area contributed by atoms with Crippen LogP contribution in [-0.2, 0) is 6.18 Å². The summed E-state index contributed by atoms with van der Waals surface area (Å²) in [4.78, 5) is 19.5. The molecule has 0 radical (unpaired) electrons. The van der Waals surface area contributed by atoms with Gasteiger partial charge in [0.15, 0.2) is 5.82 Å². The molecule has 3 aromatic rings. The molecule has 1 aromatic carbocycles. The largest absolute Gasteiger partial charge is 0.475 e. The Morgan fingerprint density at radius 1 is 1.19 bits per heavy atom. The smallest absolute Gasteiger partial charge is 0.418 e. The Hall–Kier alpha value is -3.27. The monoisotopic (exact) mass is 697 g/mol. The Morgan fingerprint density at radius 2 is 1.96 bits per heavy atom. The Balaban J connectivity index is 1.42. The fourth-order valence-electron chi connectivity index (χ4n) is 7.95. The molecule has 1 saturated carbocycles. The average molecular weight is 698 g/mol. The van der Waals surface area contributed by atoms with Crippen LogP contribution < -0.4 is 20.1 Å². The van der Waals surface area contributed by atoms with E-state index in [0.717, 1.165) is 25.1 Å². The highest BCUT2D eigenvalue weighted by Crippen LogP contribution is 2.50. The minimum Gasteiger partial charge on any atom is -0.475 e. The number of ether oxygens (including phenoxy) is 2. The number of pyridine rings is 1. The second-order valence-electron chi connectivity index (χ2n) is 13.8. The van der Waals surface area contributed by atoms with Gasteiger partial charge in [-0.25, -0.2) is 13.8 Å². The Morgan fingerprint density at radius 3 is 2.67 bits per heavy atom. The molecule has 48 heavy (non-hydrogen) atoms. The molecular weight excluding hydrogens is 661 g/mol. The van der Waals surface area contributed by atoms with Gasteiger partial charge in [0.05, 0.1) is 27.8 Å². The molecule has 2 aromatic heterocycles. The van der Waals surface area contributed by atoms with E-state index < -0.39 is 57.2 Å². The molecule has 3 aliphatic heterocycles. The standard InChI is InChI=1S/C32H37ClF5N7O3/c1-43(2)6-4-8-45-27-22-26(41-29(42-27)48-15-30-5-3-7-44(30)14-17(34)11-30)24(35)25(40-28(22)47-16-31(45)12-19(46)13-31)20-9-18(39)10-21(33)23(20)32(36,37)38/h9-10,17,19,46H,3-8,11-16,39H2,1-2H3/t17-,19?,30+,31?/m1/s1. The number of aromatic nitrogens is 3. The van der Waals surface area contributed by atoms with E-state index in [1.165, 1.54) is 0 Å². The number of halogens is 6. The van der Waals surface area contributed by atoms with Crippen LogP contribution >= 0.6 is 11.6 Å². The van der Waals surface area contributed by atoms with Gasteiger partial charge in [0.25, 0.3) is 0 Å². The number of nitrogen functional groups attached to an aromatic ring is 1. The van der Waals surface area contributed by atoms with E-state index in [1.54, 1.807) is 0 Å². The SMILES string of the molecule is CN(C)CCCN1c2nc(OC[C@@]34CCCN3C[C@H](F)C4)nc3c(F)c(-c4cc(N)cc(Cl)c4C(F)(F)F)nc(c23)OCC12CC(O)C2. The third-order valence-electron chi connectivity index (χ3n) is 10.1. The lowest BCUT2D eigenvalue weighted by Gasteiger charge is -2.52. The van der Waals surface area contributed by atoms with E-state index in [-0.39, 0.29) is 53.9 Å². The number of nitrogens with two attached hydrogens (primary N) is 1. The molecule has 4 aliphatic rings. The molecule has 16 heteroatoms. The van der Waals surface area contributed by atoms with Gasteiger partial charge in [-0.05, 0) is 58.6 Å². The van der Waals surface area contributed by atoms with Crippen LogP contribution in [0, 0.1) is 5.82 Å². The fourth-order valence-corrected chi connectivity index (χ4v) is 8.28. The van der Waals surface area contributed by atoms with Crippen molar-refractivity contribution < 1.29 is 36.5 Å². The fraction of sp³-hybridized carbons (Fsp3) is 0.594. The van der Waals surface area contributed by atoms with Crippen molar-refractivity contribution in [3.05, 3.63) is 28.5 Å². The number of rotatable bonds is 8. The molecule has 1 spiro atoms. The first-order valence-electron chi connectivity index (χ1n) is 16.0. The number of hydrogen-bond donors (Lipinski definition) is 2. The second kappa shape index (κ2) is 12.0. The van der Waals surface area contributed by atoms with Crippen molar-refractivity contribution >= 4 is 34.0 Å². The van der Waals surface area contributed by atoms with Gasteiger partial charge in [-0.3, -0.25) is 4.90 Å². The van der Waals surface area contributed by atoms with Gasteiger partial charge in [-0.1, -0.05) is 11.6 Å². The predicted octanol–water partition coefficient (Wildman–Crippen LogP) is 5.08. The molecule has 1 aliphatic carbocycles. The molecule has 7 rings (SSSR count). The van der Waals surface area contributed by atoms with Gasteiger partial charge >= 0.3 is 12.2 Å². The topological polar surface area (TPSA) is 113 Å². The predicted molar refractivity (Wildman–Crippen MR) is 170 cm³/mol. The van der Waals surface area contributed by atoms with Gasteiger partial charge in [0, 0.05) is 43.6 Å². The molecule has 2 saturated heterocycles. The van der Waals surface area contributed by atoms with E-state index in [4.69, 9.17) is 31.8 Å². The molecule has 0 unspecified atom stereocenters. The van der Waals surface area contributed by atoms with E-state index in [9.17, 15) is 22.7 Å². The lowest BCUT2D eigenvalue weighted by Crippen LogP contribution is -2.63. The number of fused-ring (bicyclic) bond motifs is 1. The van der Waals surface area contributed by atoms with E-state index >= 15 is 4.39 Å². The van der Waals surface area contributed by atoms with E-state index in [1.807, 2.05) is 23.9 Å². The minimum atomic E-state index is -4.97. The first-order chi connectivity index (χ1) is 22.7. The van der Waals surface area contributed by atoms with Crippen LogP contribution in [0.4, 0.5) is 33.5 Å². The summed E-state index contributed by atoms with van der Waals surface area (Å²) < 4.78 is 86.7. The van der Waals surface area contributed by atoms with Gasteiger partial charge in [0.1, 0.15) is 41.8 Å². The Kier molecular flexibility index (Phi) is 8.28. The van der Waals surface area contributed by atoms with Crippen LogP contribution in [0.15, 0.2) is 12.1 Å². The van der Waals surface area contributed by atoms with Crippen molar-refractivity contribution in [1.29, 1.82) is 0 Å². The number of hydrogen-bond acceptors (Lipinski definition) is 10.